The van der Waals surface area contributed by atoms with Crippen molar-refractivity contribution < 1.29 is 9.84 Å². The van der Waals surface area contributed by atoms with Gasteiger partial charge < -0.3 is 20.5 Å². The van der Waals surface area contributed by atoms with E-state index in [2.05, 4.69) is 15.6 Å². The van der Waals surface area contributed by atoms with Gasteiger partial charge in [0.05, 0.1) is 12.6 Å². The molecule has 1 aliphatic heterocycles. The molecule has 22 heavy (non-hydrogen) atoms. The summed E-state index contributed by atoms with van der Waals surface area (Å²) < 4.78 is 5.58. The summed E-state index contributed by atoms with van der Waals surface area (Å²) in [4.78, 5) is 4.42. The zero-order valence-corrected chi connectivity index (χ0v) is 13.6. The Bertz CT molecular complexity index is 490. The number of nitrogens with zero attached hydrogens (tertiary/aromatic N) is 1. The van der Waals surface area contributed by atoms with Crippen molar-refractivity contribution in [2.24, 2.45) is 4.99 Å². The summed E-state index contributed by atoms with van der Waals surface area (Å²) >= 11 is 6.09. The molecule has 1 aliphatic rings. The van der Waals surface area contributed by atoms with Crippen molar-refractivity contribution in [2.75, 3.05) is 26.2 Å². The zero-order valence-electron chi connectivity index (χ0n) is 12.9. The van der Waals surface area contributed by atoms with Crippen molar-refractivity contribution in [3.63, 3.8) is 0 Å². The molecule has 0 aliphatic carbocycles. The number of aliphatic hydroxyl groups excluding tert-OH is 1. The molecule has 2 rings (SSSR count). The van der Waals surface area contributed by atoms with E-state index < -0.39 is 6.10 Å². The highest BCUT2D eigenvalue weighted by Gasteiger charge is 2.16. The number of ether oxygens (including phenoxy) is 1. The van der Waals surface area contributed by atoms with Gasteiger partial charge in [0.2, 0.25) is 0 Å². The van der Waals surface area contributed by atoms with Crippen molar-refractivity contribution in [3.05, 3.63) is 34.9 Å². The number of aliphatic hydroxyl groups is 1. The van der Waals surface area contributed by atoms with Crippen molar-refractivity contribution >= 4 is 17.6 Å². The Morgan fingerprint density at radius 3 is 2.95 bits per heavy atom. The molecule has 2 unspecified atom stereocenters. The number of aliphatic imine (C=N–C) groups is 1. The van der Waals surface area contributed by atoms with Crippen LogP contribution in [-0.2, 0) is 4.74 Å². The molecule has 2 atom stereocenters. The van der Waals surface area contributed by atoms with Gasteiger partial charge in [-0.1, -0.05) is 29.8 Å². The van der Waals surface area contributed by atoms with E-state index in [1.165, 1.54) is 0 Å². The second-order valence-electron chi connectivity index (χ2n) is 5.27. The van der Waals surface area contributed by atoms with Crippen LogP contribution in [0.25, 0.3) is 0 Å². The Hall–Kier alpha value is -1.30. The molecule has 0 aromatic heterocycles. The normalized spacial score (nSPS) is 20.0. The van der Waals surface area contributed by atoms with Gasteiger partial charge in [-0.2, -0.15) is 0 Å². The average Bonchev–Trinajstić information content (AvgIpc) is 3.03. The van der Waals surface area contributed by atoms with E-state index in [0.717, 1.165) is 32.5 Å². The van der Waals surface area contributed by atoms with E-state index in [4.69, 9.17) is 16.3 Å². The van der Waals surface area contributed by atoms with Gasteiger partial charge in [-0.3, -0.25) is 4.99 Å². The van der Waals surface area contributed by atoms with Gasteiger partial charge in [-0.05, 0) is 25.8 Å². The molecule has 5 nitrogen and oxygen atoms in total. The fourth-order valence-electron chi connectivity index (χ4n) is 2.38. The Labute approximate surface area is 136 Å². The lowest BCUT2D eigenvalue weighted by molar-refractivity contribution is 0.113. The minimum atomic E-state index is -0.716. The molecule has 0 bridgehead atoms. The average molecular weight is 326 g/mol. The summed E-state index contributed by atoms with van der Waals surface area (Å²) in [6.07, 6.45) is 1.73. The van der Waals surface area contributed by atoms with Crippen LogP contribution in [0.15, 0.2) is 29.3 Å². The molecular weight excluding hydrogens is 302 g/mol. The van der Waals surface area contributed by atoms with Crippen LogP contribution in [0.2, 0.25) is 5.02 Å². The Morgan fingerprint density at radius 2 is 2.27 bits per heavy atom. The molecule has 6 heteroatoms. The van der Waals surface area contributed by atoms with Crippen molar-refractivity contribution in [1.82, 2.24) is 10.6 Å². The Morgan fingerprint density at radius 1 is 1.45 bits per heavy atom. The zero-order chi connectivity index (χ0) is 15.8. The number of guanidine groups is 1. The second kappa shape index (κ2) is 8.98. The first kappa shape index (κ1) is 17.1. The SMILES string of the molecule is CCNC(=NCC(O)c1ccccc1Cl)NCC1CCCO1. The van der Waals surface area contributed by atoms with E-state index in [9.17, 15) is 5.11 Å². The summed E-state index contributed by atoms with van der Waals surface area (Å²) in [5.41, 5.74) is 0.697. The minimum absolute atomic E-state index is 0.248. The standard InChI is InChI=1S/C16H24ClN3O2/c1-2-18-16(19-10-12-6-5-9-22-12)20-11-15(21)13-7-3-4-8-14(13)17/h3-4,7-8,12,15,21H,2,5-6,9-11H2,1H3,(H2,18,19,20). The van der Waals surface area contributed by atoms with Crippen LogP contribution in [0.1, 0.15) is 31.4 Å². The summed E-state index contributed by atoms with van der Waals surface area (Å²) in [6, 6.07) is 7.28. The van der Waals surface area contributed by atoms with Gasteiger partial charge in [0.25, 0.3) is 0 Å². The van der Waals surface area contributed by atoms with Crippen LogP contribution < -0.4 is 10.6 Å². The third-order valence-corrected chi connectivity index (χ3v) is 3.90. The second-order valence-corrected chi connectivity index (χ2v) is 5.68. The van der Waals surface area contributed by atoms with E-state index in [0.29, 0.717) is 16.5 Å². The summed E-state index contributed by atoms with van der Waals surface area (Å²) in [7, 11) is 0. The van der Waals surface area contributed by atoms with Gasteiger partial charge in [-0.15, -0.1) is 0 Å². The molecule has 0 saturated carbocycles. The fourth-order valence-corrected chi connectivity index (χ4v) is 2.64. The smallest absolute Gasteiger partial charge is 0.191 e. The van der Waals surface area contributed by atoms with Crippen LogP contribution in [0, 0.1) is 0 Å². The molecule has 1 aromatic carbocycles. The van der Waals surface area contributed by atoms with E-state index >= 15 is 0 Å². The van der Waals surface area contributed by atoms with Gasteiger partial charge in [0.1, 0.15) is 6.10 Å². The molecule has 0 amide bonds. The van der Waals surface area contributed by atoms with Crippen molar-refractivity contribution in [1.29, 1.82) is 0 Å². The van der Waals surface area contributed by atoms with E-state index in [1.807, 2.05) is 25.1 Å². The lowest BCUT2D eigenvalue weighted by Crippen LogP contribution is -2.41. The van der Waals surface area contributed by atoms with Crippen molar-refractivity contribution in [3.8, 4) is 0 Å². The van der Waals surface area contributed by atoms with Crippen LogP contribution in [0.4, 0.5) is 0 Å². The maximum absolute atomic E-state index is 10.2. The van der Waals surface area contributed by atoms with Crippen LogP contribution in [0.5, 0.6) is 0 Å². The Kier molecular flexibility index (Phi) is 6.96. The maximum Gasteiger partial charge on any atom is 0.191 e. The number of hydrogen-bond donors (Lipinski definition) is 3. The summed E-state index contributed by atoms with van der Waals surface area (Å²) in [5.74, 6) is 0.684. The summed E-state index contributed by atoms with van der Waals surface area (Å²) in [5, 5.41) is 17.2. The largest absolute Gasteiger partial charge is 0.386 e. The lowest BCUT2D eigenvalue weighted by Gasteiger charge is -2.16. The maximum atomic E-state index is 10.2. The van der Waals surface area contributed by atoms with Gasteiger partial charge >= 0.3 is 0 Å². The fraction of sp³-hybridized carbons (Fsp3) is 0.562. The number of rotatable bonds is 6. The Balaban J connectivity index is 1.89. The first-order valence-electron chi connectivity index (χ1n) is 7.77. The first-order chi connectivity index (χ1) is 10.7. The molecular formula is C16H24ClN3O2. The lowest BCUT2D eigenvalue weighted by atomic mass is 10.1. The third kappa shape index (κ3) is 5.16. The number of benzene rings is 1. The quantitative estimate of drug-likeness (QED) is 0.553. The first-order valence-corrected chi connectivity index (χ1v) is 8.14. The molecule has 1 heterocycles. The summed E-state index contributed by atoms with van der Waals surface area (Å²) in [6.45, 7) is 4.59. The van der Waals surface area contributed by atoms with Crippen LogP contribution >= 0.6 is 11.6 Å². The van der Waals surface area contributed by atoms with Gasteiger partial charge in [0, 0.05) is 30.3 Å². The molecule has 122 valence electrons. The molecule has 1 fully saturated rings. The third-order valence-electron chi connectivity index (χ3n) is 3.55. The predicted octanol–water partition coefficient (Wildman–Crippen LogP) is 2.11. The highest BCUT2D eigenvalue weighted by atomic mass is 35.5. The molecule has 1 saturated heterocycles. The number of nitrogens with one attached hydrogen (secondary N) is 2. The highest BCUT2D eigenvalue weighted by Crippen LogP contribution is 2.22. The van der Waals surface area contributed by atoms with E-state index in [1.54, 1.807) is 6.07 Å². The van der Waals surface area contributed by atoms with Crippen LogP contribution in [0.3, 0.4) is 0 Å². The van der Waals surface area contributed by atoms with Gasteiger partial charge in [-0.25, -0.2) is 0 Å². The number of halogens is 1. The van der Waals surface area contributed by atoms with Crippen LogP contribution in [-0.4, -0.2) is 43.4 Å². The van der Waals surface area contributed by atoms with E-state index in [-0.39, 0.29) is 12.6 Å². The molecule has 0 radical (unpaired) electrons. The molecule has 0 spiro atoms. The topological polar surface area (TPSA) is 65.9 Å². The van der Waals surface area contributed by atoms with Crippen molar-refractivity contribution in [2.45, 2.75) is 32.0 Å². The van der Waals surface area contributed by atoms with Gasteiger partial charge in [0.15, 0.2) is 5.96 Å². The minimum Gasteiger partial charge on any atom is -0.386 e. The highest BCUT2D eigenvalue weighted by molar-refractivity contribution is 6.31. The number of hydrogen-bond acceptors (Lipinski definition) is 3. The molecule has 3 N–H and O–H groups in total. The monoisotopic (exact) mass is 325 g/mol. The predicted molar refractivity (Wildman–Crippen MR) is 89.4 cm³/mol. The molecule has 1 aromatic rings.